The Balaban J connectivity index is 1.48. The summed E-state index contributed by atoms with van der Waals surface area (Å²) in [7, 11) is 1.99. The Kier molecular flexibility index (Phi) is 4.21. The molecule has 0 bridgehead atoms. The van der Waals surface area contributed by atoms with E-state index in [4.69, 9.17) is 4.74 Å². The van der Waals surface area contributed by atoms with Crippen molar-refractivity contribution < 1.29 is 4.74 Å². The van der Waals surface area contributed by atoms with Gasteiger partial charge in [-0.1, -0.05) is 6.42 Å². The quantitative estimate of drug-likeness (QED) is 0.578. The van der Waals surface area contributed by atoms with Gasteiger partial charge in [-0.05, 0) is 38.4 Å². The summed E-state index contributed by atoms with van der Waals surface area (Å²) in [6.45, 7) is 4.35. The number of hydrogen-bond donors (Lipinski definition) is 0. The van der Waals surface area contributed by atoms with Crippen molar-refractivity contribution in [3.8, 4) is 5.88 Å². The number of imidazole rings is 1. The number of ether oxygens (including phenoxy) is 1. The first-order valence-corrected chi connectivity index (χ1v) is 7.49. The summed E-state index contributed by atoms with van der Waals surface area (Å²) in [4.78, 5) is 6.79. The lowest BCUT2D eigenvalue weighted by Gasteiger charge is -2.26. The number of fused-ring (bicyclic) bond motifs is 1. The van der Waals surface area contributed by atoms with Crippen molar-refractivity contribution in [2.45, 2.75) is 25.7 Å². The second-order valence-electron chi connectivity index (χ2n) is 5.45. The maximum Gasteiger partial charge on any atom is 0.231 e. The van der Waals surface area contributed by atoms with Gasteiger partial charge in [-0.3, -0.25) is 0 Å². The maximum absolute atomic E-state index is 5.74. The normalized spacial score (nSPS) is 16.6. The average Bonchev–Trinajstić information content (AvgIpc) is 2.86. The zero-order chi connectivity index (χ0) is 13.8. The van der Waals surface area contributed by atoms with Crippen LogP contribution in [0.2, 0.25) is 0 Å². The summed E-state index contributed by atoms with van der Waals surface area (Å²) in [5.74, 6) is 0.678. The zero-order valence-electron chi connectivity index (χ0n) is 12.1. The van der Waals surface area contributed by atoms with Crippen molar-refractivity contribution in [3.63, 3.8) is 0 Å². The highest BCUT2D eigenvalue weighted by Gasteiger charge is 2.09. The third-order valence-electron chi connectivity index (χ3n) is 3.83. The highest BCUT2D eigenvalue weighted by molar-refractivity contribution is 6.30. The van der Waals surface area contributed by atoms with E-state index in [0.717, 1.165) is 30.8 Å². The van der Waals surface area contributed by atoms with Gasteiger partial charge < -0.3 is 9.64 Å². The lowest BCUT2D eigenvalue weighted by atomic mass is 10.1. The largest absolute Gasteiger partial charge is 0.477 e. The van der Waals surface area contributed by atoms with Gasteiger partial charge in [0.25, 0.3) is 0 Å². The van der Waals surface area contributed by atoms with Crippen LogP contribution in [0.25, 0.3) is 5.65 Å². The van der Waals surface area contributed by atoms with Crippen LogP contribution in [0.1, 0.15) is 25.7 Å². The van der Waals surface area contributed by atoms with Crippen LogP contribution in [-0.2, 0) is 0 Å². The van der Waals surface area contributed by atoms with E-state index in [-0.39, 0.29) is 0 Å². The molecule has 2 aromatic heterocycles. The van der Waals surface area contributed by atoms with Crippen LogP contribution in [0.5, 0.6) is 5.88 Å². The standard InChI is InChI=1S/C14H21BN4O/c15-12-11-16-13-5-6-14(17-19(12)13)20-10-4-9-18-7-2-1-3-8-18/h5-6,11H,1-4,7-10,15H2. The molecule has 0 amide bonds. The minimum Gasteiger partial charge on any atom is -0.477 e. The minimum atomic E-state index is 0.678. The van der Waals surface area contributed by atoms with Crippen molar-refractivity contribution in [1.82, 2.24) is 19.5 Å². The predicted molar refractivity (Wildman–Crippen MR) is 81.6 cm³/mol. The molecule has 0 saturated carbocycles. The van der Waals surface area contributed by atoms with Crippen molar-refractivity contribution in [2.24, 2.45) is 0 Å². The molecule has 3 rings (SSSR count). The molecule has 5 nitrogen and oxygen atoms in total. The highest BCUT2D eigenvalue weighted by atomic mass is 16.5. The molecule has 1 aliphatic heterocycles. The number of likely N-dealkylation sites (tertiary alicyclic amines) is 1. The molecule has 6 heteroatoms. The Labute approximate surface area is 120 Å². The Hall–Kier alpha value is -1.56. The van der Waals surface area contributed by atoms with E-state index in [2.05, 4.69) is 15.0 Å². The molecular formula is C14H21BN4O. The number of hydrogen-bond acceptors (Lipinski definition) is 4. The van der Waals surface area contributed by atoms with Gasteiger partial charge in [-0.2, -0.15) is 0 Å². The Bertz CT molecular complexity index is 565. The smallest absolute Gasteiger partial charge is 0.231 e. The van der Waals surface area contributed by atoms with E-state index in [1.807, 2.05) is 30.7 Å². The number of piperidine rings is 1. The van der Waals surface area contributed by atoms with Crippen LogP contribution in [0.15, 0.2) is 18.3 Å². The summed E-state index contributed by atoms with van der Waals surface area (Å²) in [5, 5.41) is 4.44. The van der Waals surface area contributed by atoms with Crippen LogP contribution >= 0.6 is 0 Å². The van der Waals surface area contributed by atoms with Crippen molar-refractivity contribution in [2.75, 3.05) is 26.2 Å². The van der Waals surface area contributed by atoms with E-state index in [0.29, 0.717) is 5.88 Å². The SMILES string of the molecule is Bc1cnc2ccc(OCCCN3CCCCC3)nn12. The fourth-order valence-corrected chi connectivity index (χ4v) is 2.70. The predicted octanol–water partition coefficient (Wildman–Crippen LogP) is 0.242. The summed E-state index contributed by atoms with van der Waals surface area (Å²) >= 11 is 0. The molecule has 0 aromatic carbocycles. The number of rotatable bonds is 5. The molecule has 3 heterocycles. The first-order chi connectivity index (χ1) is 9.83. The Morgan fingerprint density at radius 1 is 1.20 bits per heavy atom. The molecule has 0 N–H and O–H groups in total. The van der Waals surface area contributed by atoms with Crippen molar-refractivity contribution >= 4 is 19.1 Å². The molecule has 0 radical (unpaired) electrons. The molecule has 0 unspecified atom stereocenters. The van der Waals surface area contributed by atoms with E-state index in [1.165, 1.54) is 32.4 Å². The fraction of sp³-hybridized carbons (Fsp3) is 0.571. The molecule has 106 valence electrons. The van der Waals surface area contributed by atoms with Gasteiger partial charge in [0.15, 0.2) is 13.5 Å². The van der Waals surface area contributed by atoms with E-state index >= 15 is 0 Å². The minimum absolute atomic E-state index is 0.678. The van der Waals surface area contributed by atoms with Gasteiger partial charge in [0.2, 0.25) is 5.88 Å². The lowest BCUT2D eigenvalue weighted by molar-refractivity contribution is 0.202. The fourth-order valence-electron chi connectivity index (χ4n) is 2.70. The molecule has 1 aliphatic rings. The van der Waals surface area contributed by atoms with Crippen LogP contribution < -0.4 is 10.3 Å². The van der Waals surface area contributed by atoms with Crippen molar-refractivity contribution in [3.05, 3.63) is 18.3 Å². The van der Waals surface area contributed by atoms with Crippen LogP contribution in [-0.4, -0.2) is 53.6 Å². The summed E-state index contributed by atoms with van der Waals surface area (Å²) in [6, 6.07) is 3.84. The number of aromatic nitrogens is 3. The maximum atomic E-state index is 5.74. The molecule has 2 aromatic rings. The first kappa shape index (κ1) is 13.4. The average molecular weight is 272 g/mol. The third kappa shape index (κ3) is 3.12. The first-order valence-electron chi connectivity index (χ1n) is 7.49. The van der Waals surface area contributed by atoms with Crippen molar-refractivity contribution in [1.29, 1.82) is 0 Å². The third-order valence-corrected chi connectivity index (χ3v) is 3.83. The lowest BCUT2D eigenvalue weighted by Crippen LogP contribution is -2.31. The van der Waals surface area contributed by atoms with Gasteiger partial charge in [-0.15, -0.1) is 5.10 Å². The molecule has 20 heavy (non-hydrogen) atoms. The molecule has 1 fully saturated rings. The Morgan fingerprint density at radius 3 is 2.90 bits per heavy atom. The van der Waals surface area contributed by atoms with Gasteiger partial charge in [0, 0.05) is 24.4 Å². The van der Waals surface area contributed by atoms with Crippen LogP contribution in [0.4, 0.5) is 0 Å². The summed E-state index contributed by atoms with van der Waals surface area (Å²) < 4.78 is 7.56. The van der Waals surface area contributed by atoms with E-state index < -0.39 is 0 Å². The molecule has 0 spiro atoms. The number of nitrogens with zero attached hydrogens (tertiary/aromatic N) is 4. The van der Waals surface area contributed by atoms with E-state index in [1.54, 1.807) is 0 Å². The molecule has 1 saturated heterocycles. The second-order valence-corrected chi connectivity index (χ2v) is 5.45. The van der Waals surface area contributed by atoms with Gasteiger partial charge in [0.05, 0.1) is 6.61 Å². The highest BCUT2D eigenvalue weighted by Crippen LogP contribution is 2.10. The van der Waals surface area contributed by atoms with Crippen LogP contribution in [0, 0.1) is 0 Å². The Morgan fingerprint density at radius 2 is 2.05 bits per heavy atom. The zero-order valence-corrected chi connectivity index (χ0v) is 12.1. The topological polar surface area (TPSA) is 42.7 Å². The van der Waals surface area contributed by atoms with Gasteiger partial charge in [0.1, 0.15) is 0 Å². The van der Waals surface area contributed by atoms with E-state index in [9.17, 15) is 0 Å². The second kappa shape index (κ2) is 6.26. The van der Waals surface area contributed by atoms with Gasteiger partial charge >= 0.3 is 0 Å². The summed E-state index contributed by atoms with van der Waals surface area (Å²) in [5.41, 5.74) is 1.89. The monoisotopic (exact) mass is 272 g/mol. The molecule has 0 aliphatic carbocycles. The summed E-state index contributed by atoms with van der Waals surface area (Å²) in [6.07, 6.45) is 6.96. The molecule has 0 atom stereocenters. The molecular weight excluding hydrogens is 251 g/mol. The van der Waals surface area contributed by atoms with Crippen LogP contribution in [0.3, 0.4) is 0 Å². The van der Waals surface area contributed by atoms with Gasteiger partial charge in [-0.25, -0.2) is 9.50 Å².